The van der Waals surface area contributed by atoms with Crippen molar-refractivity contribution in [2.45, 2.75) is 0 Å². The van der Waals surface area contributed by atoms with E-state index >= 15 is 0 Å². The van der Waals surface area contributed by atoms with Gasteiger partial charge in [0.2, 0.25) is 5.82 Å². The Labute approximate surface area is 139 Å². The van der Waals surface area contributed by atoms with Crippen molar-refractivity contribution in [3.63, 3.8) is 0 Å². The van der Waals surface area contributed by atoms with Gasteiger partial charge in [0.25, 0.3) is 5.91 Å². The van der Waals surface area contributed by atoms with Gasteiger partial charge in [0, 0.05) is 26.2 Å². The molecule has 0 spiro atoms. The van der Waals surface area contributed by atoms with Gasteiger partial charge in [0.05, 0.1) is 30.6 Å². The summed E-state index contributed by atoms with van der Waals surface area (Å²) in [5, 5.41) is 0. The van der Waals surface area contributed by atoms with Gasteiger partial charge in [0.1, 0.15) is 0 Å². The van der Waals surface area contributed by atoms with Crippen LogP contribution in [0.25, 0.3) is 0 Å². The Hall–Kier alpha value is -2.36. The number of hydrogen-bond donors (Lipinski definition) is 0. The van der Waals surface area contributed by atoms with Gasteiger partial charge in [-0.1, -0.05) is 0 Å². The highest BCUT2D eigenvalue weighted by Crippen LogP contribution is 2.28. The van der Waals surface area contributed by atoms with Crippen LogP contribution < -0.4 is 9.64 Å². The Kier molecular flexibility index (Phi) is 4.56. The van der Waals surface area contributed by atoms with E-state index < -0.39 is 34.7 Å². The minimum absolute atomic E-state index is 0.303. The number of methoxy groups -OCH3 is 1. The molecule has 128 valence electrons. The van der Waals surface area contributed by atoms with Crippen molar-refractivity contribution in [2.75, 3.05) is 38.2 Å². The SMILES string of the molecule is COc1c(F)c(F)cc(C(=O)N2CCN(c3cnsn3)CC2)c1F. The summed E-state index contributed by atoms with van der Waals surface area (Å²) in [6, 6.07) is 0.562. The molecule has 0 saturated carbocycles. The van der Waals surface area contributed by atoms with E-state index in [0.717, 1.165) is 18.8 Å². The van der Waals surface area contributed by atoms with E-state index in [9.17, 15) is 18.0 Å². The maximum absolute atomic E-state index is 14.2. The number of aromatic nitrogens is 2. The van der Waals surface area contributed by atoms with E-state index in [0.29, 0.717) is 38.1 Å². The third-order valence-corrected chi connectivity index (χ3v) is 4.26. The Bertz CT molecular complexity index is 749. The first kappa shape index (κ1) is 16.5. The predicted octanol–water partition coefficient (Wildman–Crippen LogP) is 1.93. The molecule has 0 unspecified atom stereocenters. The van der Waals surface area contributed by atoms with Gasteiger partial charge >= 0.3 is 0 Å². The predicted molar refractivity (Wildman–Crippen MR) is 80.9 cm³/mol. The van der Waals surface area contributed by atoms with Crippen LogP contribution in [0.1, 0.15) is 10.4 Å². The molecule has 0 bridgehead atoms. The minimum Gasteiger partial charge on any atom is -0.491 e. The number of benzene rings is 1. The quantitative estimate of drug-likeness (QED) is 0.785. The highest BCUT2D eigenvalue weighted by Gasteiger charge is 2.29. The average Bonchev–Trinajstić information content (AvgIpc) is 3.13. The number of halogens is 3. The molecule has 1 fully saturated rings. The molecule has 2 aromatic rings. The summed E-state index contributed by atoms with van der Waals surface area (Å²) in [5.74, 6) is -4.87. The van der Waals surface area contributed by atoms with Gasteiger partial charge in [-0.15, -0.1) is 0 Å². The Morgan fingerprint density at radius 3 is 2.50 bits per heavy atom. The van der Waals surface area contributed by atoms with E-state index in [-0.39, 0.29) is 0 Å². The van der Waals surface area contributed by atoms with Gasteiger partial charge in [-0.05, 0) is 6.07 Å². The lowest BCUT2D eigenvalue weighted by atomic mass is 10.1. The van der Waals surface area contributed by atoms with Crippen LogP contribution in [-0.2, 0) is 0 Å². The molecule has 2 heterocycles. The third-order valence-electron chi connectivity index (χ3n) is 3.79. The van der Waals surface area contributed by atoms with Gasteiger partial charge in [0.15, 0.2) is 23.2 Å². The molecule has 1 aromatic heterocycles. The maximum Gasteiger partial charge on any atom is 0.257 e. The van der Waals surface area contributed by atoms with Crippen LogP contribution in [0.15, 0.2) is 12.3 Å². The number of ether oxygens (including phenoxy) is 1. The van der Waals surface area contributed by atoms with Crippen LogP contribution in [0.5, 0.6) is 5.75 Å². The third kappa shape index (κ3) is 2.88. The van der Waals surface area contributed by atoms with Crippen LogP contribution in [0.3, 0.4) is 0 Å². The Morgan fingerprint density at radius 2 is 1.92 bits per heavy atom. The first-order valence-electron chi connectivity index (χ1n) is 7.06. The van der Waals surface area contributed by atoms with Gasteiger partial charge in [-0.3, -0.25) is 4.79 Å². The lowest BCUT2D eigenvalue weighted by Gasteiger charge is -2.34. The fraction of sp³-hybridized carbons (Fsp3) is 0.357. The lowest BCUT2D eigenvalue weighted by Crippen LogP contribution is -2.49. The number of anilines is 1. The zero-order chi connectivity index (χ0) is 17.3. The number of piperazine rings is 1. The molecule has 0 aliphatic carbocycles. The summed E-state index contributed by atoms with van der Waals surface area (Å²) in [6.45, 7) is 1.58. The van der Waals surface area contributed by atoms with Crippen molar-refractivity contribution in [3.05, 3.63) is 35.3 Å². The number of nitrogens with zero attached hydrogens (tertiary/aromatic N) is 4. The Morgan fingerprint density at radius 1 is 1.21 bits per heavy atom. The molecular formula is C14H13F3N4O2S. The second-order valence-corrected chi connectivity index (χ2v) is 5.67. The molecule has 0 radical (unpaired) electrons. The summed E-state index contributed by atoms with van der Waals surface area (Å²) in [6.07, 6.45) is 1.63. The molecule has 1 saturated heterocycles. The lowest BCUT2D eigenvalue weighted by molar-refractivity contribution is 0.0740. The number of carbonyl (C=O) groups excluding carboxylic acids is 1. The molecule has 1 amide bonds. The van der Waals surface area contributed by atoms with E-state index in [1.807, 2.05) is 4.90 Å². The van der Waals surface area contributed by atoms with Crippen molar-refractivity contribution in [2.24, 2.45) is 0 Å². The first-order chi connectivity index (χ1) is 11.5. The summed E-state index contributed by atoms with van der Waals surface area (Å²) in [5.41, 5.74) is -0.547. The number of amides is 1. The molecule has 0 atom stereocenters. The maximum atomic E-state index is 14.2. The van der Waals surface area contributed by atoms with Crippen LogP contribution >= 0.6 is 11.7 Å². The van der Waals surface area contributed by atoms with E-state index in [1.165, 1.54) is 4.90 Å². The Balaban J connectivity index is 1.77. The zero-order valence-corrected chi connectivity index (χ0v) is 13.4. The largest absolute Gasteiger partial charge is 0.491 e. The van der Waals surface area contributed by atoms with Crippen LogP contribution in [0.4, 0.5) is 19.0 Å². The highest BCUT2D eigenvalue weighted by molar-refractivity contribution is 6.99. The summed E-state index contributed by atoms with van der Waals surface area (Å²) < 4.78 is 53.8. The standard InChI is InChI=1S/C14H13F3N4O2S/c1-23-13-11(16)8(6-9(15)12(13)17)14(22)21-4-2-20(3-5-21)10-7-18-24-19-10/h6-7H,2-5H2,1H3. The van der Waals surface area contributed by atoms with Crippen molar-refractivity contribution in [1.82, 2.24) is 13.6 Å². The number of carbonyl (C=O) groups is 1. The number of hydrogen-bond acceptors (Lipinski definition) is 6. The zero-order valence-electron chi connectivity index (χ0n) is 12.6. The van der Waals surface area contributed by atoms with E-state index in [2.05, 4.69) is 13.5 Å². The van der Waals surface area contributed by atoms with Gasteiger partial charge < -0.3 is 14.5 Å². The van der Waals surface area contributed by atoms with Gasteiger partial charge in [-0.25, -0.2) is 8.78 Å². The second kappa shape index (κ2) is 6.63. The van der Waals surface area contributed by atoms with E-state index in [1.54, 1.807) is 6.20 Å². The van der Waals surface area contributed by atoms with E-state index in [4.69, 9.17) is 0 Å². The fourth-order valence-electron chi connectivity index (χ4n) is 2.52. The smallest absolute Gasteiger partial charge is 0.257 e. The molecule has 24 heavy (non-hydrogen) atoms. The van der Waals surface area contributed by atoms with Crippen LogP contribution in [0.2, 0.25) is 0 Å². The molecule has 3 rings (SSSR count). The first-order valence-corrected chi connectivity index (χ1v) is 7.79. The van der Waals surface area contributed by atoms with Gasteiger partial charge in [-0.2, -0.15) is 13.1 Å². The minimum atomic E-state index is -1.45. The monoisotopic (exact) mass is 358 g/mol. The normalized spacial score (nSPS) is 14.8. The van der Waals surface area contributed by atoms with Crippen molar-refractivity contribution in [3.8, 4) is 5.75 Å². The second-order valence-electron chi connectivity index (χ2n) is 5.11. The van der Waals surface area contributed by atoms with Crippen LogP contribution in [0, 0.1) is 17.5 Å². The van der Waals surface area contributed by atoms with Crippen LogP contribution in [-0.4, -0.2) is 52.8 Å². The summed E-state index contributed by atoms with van der Waals surface area (Å²) in [4.78, 5) is 15.8. The molecule has 0 N–H and O–H groups in total. The topological polar surface area (TPSA) is 58.6 Å². The van der Waals surface area contributed by atoms with Crippen molar-refractivity contribution < 1.29 is 22.7 Å². The number of rotatable bonds is 3. The molecule has 10 heteroatoms. The molecule has 1 aromatic carbocycles. The molecule has 6 nitrogen and oxygen atoms in total. The van der Waals surface area contributed by atoms with Crippen molar-refractivity contribution >= 4 is 23.5 Å². The molecule has 1 aliphatic heterocycles. The average molecular weight is 358 g/mol. The summed E-state index contributed by atoms with van der Waals surface area (Å²) >= 11 is 1.08. The molecule has 1 aliphatic rings. The fourth-order valence-corrected chi connectivity index (χ4v) is 2.96. The highest BCUT2D eigenvalue weighted by atomic mass is 32.1. The molecular weight excluding hydrogens is 345 g/mol. The summed E-state index contributed by atoms with van der Waals surface area (Å²) in [7, 11) is 1.01. The van der Waals surface area contributed by atoms with Crippen molar-refractivity contribution in [1.29, 1.82) is 0 Å².